The van der Waals surface area contributed by atoms with Gasteiger partial charge in [0, 0.05) is 0 Å². The summed E-state index contributed by atoms with van der Waals surface area (Å²) < 4.78 is 14.8. The first-order valence-corrected chi connectivity index (χ1v) is 5.87. The minimum Gasteiger partial charge on any atom is -0.303 e. The number of rotatable bonds is 6. The van der Waals surface area contributed by atoms with Gasteiger partial charge in [0.15, 0.2) is 0 Å². The summed E-state index contributed by atoms with van der Waals surface area (Å²) in [4.78, 5) is 16.9. The summed E-state index contributed by atoms with van der Waals surface area (Å²) in [5.74, 6) is 0. The van der Waals surface area contributed by atoms with E-state index < -0.39 is 13.9 Å². The molecule has 0 aromatic heterocycles. The lowest BCUT2D eigenvalue weighted by Gasteiger charge is -2.10. The molecule has 0 saturated carbocycles. The topological polar surface area (TPSA) is 66.8 Å². The zero-order chi connectivity index (χ0) is 10.3. The fourth-order valence-corrected chi connectivity index (χ4v) is 1.40. The summed E-state index contributed by atoms with van der Waals surface area (Å²) >= 11 is 0. The van der Waals surface area contributed by atoms with Gasteiger partial charge in [0.1, 0.15) is 0 Å². The summed E-state index contributed by atoms with van der Waals surface area (Å²) in [6, 6.07) is 0. The highest BCUT2D eigenvalue weighted by Gasteiger charge is 2.17. The molecule has 0 aromatic rings. The molecule has 2 N–H and O–H groups in total. The Morgan fingerprint density at radius 2 is 2.08 bits per heavy atom. The van der Waals surface area contributed by atoms with Gasteiger partial charge in [0.25, 0.3) is 0 Å². The van der Waals surface area contributed by atoms with E-state index in [0.29, 0.717) is 6.42 Å². The number of unbranched alkanes of at least 4 members (excludes halogenated alkanes) is 1. The van der Waals surface area contributed by atoms with Crippen LogP contribution in [-0.2, 0) is 9.09 Å². The fourth-order valence-electron chi connectivity index (χ4n) is 0.850. The van der Waals surface area contributed by atoms with E-state index in [1.54, 1.807) is 6.92 Å². The predicted octanol–water partition coefficient (Wildman–Crippen LogP) is 2.23. The van der Waals surface area contributed by atoms with Crippen LogP contribution in [0.15, 0.2) is 12.2 Å². The monoisotopic (exact) mass is 208 g/mol. The summed E-state index contributed by atoms with van der Waals surface area (Å²) in [5.41, 5.74) is 0. The van der Waals surface area contributed by atoms with Crippen molar-refractivity contribution in [3.8, 4) is 0 Å². The van der Waals surface area contributed by atoms with Gasteiger partial charge >= 0.3 is 7.82 Å². The third kappa shape index (κ3) is 9.77. The van der Waals surface area contributed by atoms with Crippen LogP contribution in [-0.4, -0.2) is 15.9 Å². The minimum atomic E-state index is -4.31. The molecule has 0 spiro atoms. The molecule has 0 bridgehead atoms. The molecule has 4 nitrogen and oxygen atoms in total. The number of hydrogen-bond donors (Lipinski definition) is 2. The Bertz CT molecular complexity index is 196. The highest BCUT2D eigenvalue weighted by Crippen LogP contribution is 2.38. The van der Waals surface area contributed by atoms with Gasteiger partial charge in [-0.1, -0.05) is 25.5 Å². The van der Waals surface area contributed by atoms with Crippen LogP contribution in [0.3, 0.4) is 0 Å². The standard InChI is InChI=1S/C8H17O4P/c1-3-4-5-6-7-8(2)12-13(9,10)11/h5-6,8H,3-4,7H2,1-2H3,(H2,9,10,11). The Morgan fingerprint density at radius 3 is 2.54 bits per heavy atom. The summed E-state index contributed by atoms with van der Waals surface area (Å²) in [6.07, 6.45) is 6.02. The zero-order valence-corrected chi connectivity index (χ0v) is 8.91. The largest absolute Gasteiger partial charge is 0.469 e. The van der Waals surface area contributed by atoms with Crippen molar-refractivity contribution < 1.29 is 18.9 Å². The van der Waals surface area contributed by atoms with Crippen molar-refractivity contribution in [2.45, 2.75) is 39.2 Å². The number of phosphoric acid groups is 1. The Balaban J connectivity index is 3.63. The zero-order valence-electron chi connectivity index (χ0n) is 8.01. The van der Waals surface area contributed by atoms with Gasteiger partial charge in [-0.2, -0.15) is 0 Å². The van der Waals surface area contributed by atoms with Gasteiger partial charge in [-0.25, -0.2) is 4.57 Å². The lowest BCUT2D eigenvalue weighted by Crippen LogP contribution is -2.04. The van der Waals surface area contributed by atoms with Gasteiger partial charge in [-0.05, 0) is 19.8 Å². The van der Waals surface area contributed by atoms with Crippen LogP contribution in [0.5, 0.6) is 0 Å². The quantitative estimate of drug-likeness (QED) is 0.518. The Morgan fingerprint density at radius 1 is 1.46 bits per heavy atom. The van der Waals surface area contributed by atoms with E-state index in [0.717, 1.165) is 12.8 Å². The molecule has 0 fully saturated rings. The van der Waals surface area contributed by atoms with Crippen LogP contribution in [0.4, 0.5) is 0 Å². The van der Waals surface area contributed by atoms with Crippen LogP contribution >= 0.6 is 7.82 Å². The molecular formula is C8H17O4P. The molecule has 0 saturated heterocycles. The van der Waals surface area contributed by atoms with Crippen LogP contribution in [0.1, 0.15) is 33.1 Å². The van der Waals surface area contributed by atoms with Gasteiger partial charge in [0.2, 0.25) is 0 Å². The second kappa shape index (κ2) is 6.33. The van der Waals surface area contributed by atoms with E-state index in [-0.39, 0.29) is 0 Å². The molecular weight excluding hydrogens is 191 g/mol. The number of phosphoric ester groups is 1. The van der Waals surface area contributed by atoms with E-state index in [1.165, 1.54) is 0 Å². The van der Waals surface area contributed by atoms with Gasteiger partial charge in [0.05, 0.1) is 6.10 Å². The first kappa shape index (κ1) is 12.8. The highest BCUT2D eigenvalue weighted by molar-refractivity contribution is 7.46. The Kier molecular flexibility index (Phi) is 6.25. The van der Waals surface area contributed by atoms with E-state index in [1.807, 2.05) is 12.2 Å². The molecule has 78 valence electrons. The molecule has 0 aromatic carbocycles. The molecule has 1 atom stereocenters. The summed E-state index contributed by atoms with van der Waals surface area (Å²) in [6.45, 7) is 3.70. The maximum Gasteiger partial charge on any atom is 0.469 e. The van der Waals surface area contributed by atoms with Crippen molar-refractivity contribution in [3.05, 3.63) is 12.2 Å². The molecule has 0 amide bonds. The van der Waals surface area contributed by atoms with Crippen LogP contribution in [0, 0.1) is 0 Å². The van der Waals surface area contributed by atoms with Crippen molar-refractivity contribution in [2.24, 2.45) is 0 Å². The van der Waals surface area contributed by atoms with Crippen molar-refractivity contribution in [1.82, 2.24) is 0 Å². The molecule has 0 aliphatic rings. The average Bonchev–Trinajstić information content (AvgIpc) is 1.94. The van der Waals surface area contributed by atoms with E-state index in [9.17, 15) is 4.57 Å². The molecule has 0 radical (unpaired) electrons. The van der Waals surface area contributed by atoms with Crippen molar-refractivity contribution >= 4 is 7.82 Å². The number of hydrogen-bond acceptors (Lipinski definition) is 2. The van der Waals surface area contributed by atoms with Crippen molar-refractivity contribution in [3.63, 3.8) is 0 Å². The van der Waals surface area contributed by atoms with Crippen molar-refractivity contribution in [1.29, 1.82) is 0 Å². The second-order valence-corrected chi connectivity index (χ2v) is 4.09. The molecule has 13 heavy (non-hydrogen) atoms. The second-order valence-electron chi connectivity index (χ2n) is 2.90. The van der Waals surface area contributed by atoms with Gasteiger partial charge < -0.3 is 9.79 Å². The first-order valence-electron chi connectivity index (χ1n) is 4.34. The van der Waals surface area contributed by atoms with E-state index in [2.05, 4.69) is 11.4 Å². The molecule has 0 aliphatic heterocycles. The molecule has 1 unspecified atom stereocenters. The third-order valence-corrected chi connectivity index (χ3v) is 2.04. The fraction of sp³-hybridized carbons (Fsp3) is 0.750. The minimum absolute atomic E-state index is 0.436. The predicted molar refractivity (Wildman–Crippen MR) is 51.3 cm³/mol. The van der Waals surface area contributed by atoms with Crippen LogP contribution < -0.4 is 0 Å². The third-order valence-electron chi connectivity index (χ3n) is 1.41. The number of allylic oxidation sites excluding steroid dienone is 1. The van der Waals surface area contributed by atoms with E-state index >= 15 is 0 Å². The van der Waals surface area contributed by atoms with Crippen LogP contribution in [0.25, 0.3) is 0 Å². The van der Waals surface area contributed by atoms with Gasteiger partial charge in [-0.3, -0.25) is 4.52 Å². The lowest BCUT2D eigenvalue weighted by atomic mass is 10.2. The van der Waals surface area contributed by atoms with Crippen LogP contribution in [0.2, 0.25) is 0 Å². The normalized spacial score (nSPS) is 15.1. The van der Waals surface area contributed by atoms with E-state index in [4.69, 9.17) is 9.79 Å². The molecule has 0 aliphatic carbocycles. The average molecular weight is 208 g/mol. The SMILES string of the molecule is CCCC=CCC(C)OP(=O)(O)O. The first-order chi connectivity index (χ1) is 5.95. The summed E-state index contributed by atoms with van der Waals surface area (Å²) in [5, 5.41) is 0. The maximum atomic E-state index is 10.4. The lowest BCUT2D eigenvalue weighted by molar-refractivity contribution is 0.146. The smallest absolute Gasteiger partial charge is 0.303 e. The van der Waals surface area contributed by atoms with Gasteiger partial charge in [-0.15, -0.1) is 0 Å². The molecule has 0 rings (SSSR count). The Labute approximate surface area is 78.9 Å². The Hall–Kier alpha value is -0.150. The summed E-state index contributed by atoms with van der Waals surface area (Å²) in [7, 11) is -4.31. The highest BCUT2D eigenvalue weighted by atomic mass is 31.2. The van der Waals surface area contributed by atoms with Crippen molar-refractivity contribution in [2.75, 3.05) is 0 Å². The molecule has 5 heteroatoms. The molecule has 0 heterocycles. The maximum absolute atomic E-state index is 10.4.